The zero-order valence-corrected chi connectivity index (χ0v) is 19.0. The van der Waals surface area contributed by atoms with Crippen LogP contribution in [0, 0.1) is 0 Å². The number of anilines is 1. The second kappa shape index (κ2) is 8.64. The molecule has 0 bridgehead atoms. The molecular formula is C23H30N6O3. The number of benzene rings is 1. The van der Waals surface area contributed by atoms with Crippen LogP contribution in [0.1, 0.15) is 50.9 Å². The average Bonchev–Trinajstić information content (AvgIpc) is 3.20. The van der Waals surface area contributed by atoms with Crippen molar-refractivity contribution in [3.05, 3.63) is 46.4 Å². The van der Waals surface area contributed by atoms with E-state index in [1.807, 2.05) is 44.7 Å². The number of piperidine rings is 1. The van der Waals surface area contributed by atoms with Gasteiger partial charge in [-0.05, 0) is 64.8 Å². The molecule has 9 nitrogen and oxygen atoms in total. The molecule has 4 rings (SSSR count). The minimum absolute atomic E-state index is 0.0218. The van der Waals surface area contributed by atoms with Crippen LogP contribution in [0.15, 0.2) is 35.3 Å². The fourth-order valence-electron chi connectivity index (χ4n) is 3.94. The van der Waals surface area contributed by atoms with Crippen molar-refractivity contribution in [2.24, 2.45) is 0 Å². The summed E-state index contributed by atoms with van der Waals surface area (Å²) in [6.45, 7) is 9.86. The number of nitrogens with one attached hydrogen (secondary N) is 2. The summed E-state index contributed by atoms with van der Waals surface area (Å²) in [5.74, 6) is 1.22. The summed E-state index contributed by atoms with van der Waals surface area (Å²) in [5, 5.41) is 8.16. The van der Waals surface area contributed by atoms with Crippen LogP contribution in [0.25, 0.3) is 11.0 Å². The molecule has 3 aromatic rings. The zero-order valence-electron chi connectivity index (χ0n) is 19.0. The minimum atomic E-state index is -0.285. The van der Waals surface area contributed by atoms with Gasteiger partial charge in [-0.3, -0.25) is 14.6 Å². The van der Waals surface area contributed by atoms with E-state index in [4.69, 9.17) is 4.74 Å². The van der Waals surface area contributed by atoms with Gasteiger partial charge in [-0.2, -0.15) is 10.1 Å². The summed E-state index contributed by atoms with van der Waals surface area (Å²) < 4.78 is 7.21. The zero-order chi connectivity index (χ0) is 22.9. The molecule has 2 aromatic heterocycles. The molecule has 0 spiro atoms. The molecule has 3 heterocycles. The first-order valence-corrected chi connectivity index (χ1v) is 11.0. The standard InChI is InChI=1S/C23H30N6O3/c1-5-32-17-8-6-15(7-9-17)21(31)28-12-10-16(11-13-28)25-22-26-19-18(20(30)27-22)14-24-29(19)23(2,3)4/h6-9,14,16H,5,10-13H2,1-4H3,(H2,25,26,27,30). The van der Waals surface area contributed by atoms with Gasteiger partial charge >= 0.3 is 0 Å². The molecule has 1 saturated heterocycles. The maximum atomic E-state index is 12.8. The topological polar surface area (TPSA) is 105 Å². The Morgan fingerprint density at radius 1 is 1.22 bits per heavy atom. The molecule has 9 heteroatoms. The van der Waals surface area contributed by atoms with Crippen LogP contribution in [0.2, 0.25) is 0 Å². The number of H-pyrrole nitrogens is 1. The van der Waals surface area contributed by atoms with E-state index < -0.39 is 0 Å². The Labute approximate surface area is 186 Å². The first kappa shape index (κ1) is 21.9. The number of ether oxygens (including phenoxy) is 1. The summed E-state index contributed by atoms with van der Waals surface area (Å²) in [5.41, 5.74) is 0.724. The lowest BCUT2D eigenvalue weighted by atomic mass is 10.0. The first-order valence-electron chi connectivity index (χ1n) is 11.0. The maximum absolute atomic E-state index is 12.8. The number of carbonyl (C=O) groups is 1. The highest BCUT2D eigenvalue weighted by molar-refractivity contribution is 5.94. The van der Waals surface area contributed by atoms with Crippen molar-refractivity contribution in [2.75, 3.05) is 25.0 Å². The molecule has 2 N–H and O–H groups in total. The van der Waals surface area contributed by atoms with Crippen LogP contribution in [-0.4, -0.2) is 56.3 Å². The summed E-state index contributed by atoms with van der Waals surface area (Å²) in [4.78, 5) is 34.6. The Bertz CT molecular complexity index is 1150. The fraction of sp³-hybridized carbons (Fsp3) is 0.478. The number of aromatic amines is 1. The summed E-state index contributed by atoms with van der Waals surface area (Å²) >= 11 is 0. The predicted molar refractivity (Wildman–Crippen MR) is 123 cm³/mol. The largest absolute Gasteiger partial charge is 0.494 e. The van der Waals surface area contributed by atoms with Gasteiger partial charge in [-0.1, -0.05) is 0 Å². The third-order valence-corrected chi connectivity index (χ3v) is 5.61. The Morgan fingerprint density at radius 3 is 2.53 bits per heavy atom. The molecule has 1 aromatic carbocycles. The summed E-state index contributed by atoms with van der Waals surface area (Å²) in [6.07, 6.45) is 3.09. The van der Waals surface area contributed by atoms with E-state index in [0.29, 0.717) is 42.2 Å². The van der Waals surface area contributed by atoms with E-state index in [2.05, 4.69) is 20.4 Å². The van der Waals surface area contributed by atoms with Gasteiger partial charge in [0.2, 0.25) is 5.95 Å². The molecule has 1 aliphatic rings. The van der Waals surface area contributed by atoms with Crippen molar-refractivity contribution in [3.8, 4) is 5.75 Å². The second-order valence-electron chi connectivity index (χ2n) is 9.05. The normalized spacial score (nSPS) is 15.2. The number of hydrogen-bond acceptors (Lipinski definition) is 6. The number of carbonyl (C=O) groups excluding carboxylic acids is 1. The Kier molecular flexibility index (Phi) is 5.90. The van der Waals surface area contributed by atoms with Crippen LogP contribution >= 0.6 is 0 Å². The molecular weight excluding hydrogens is 408 g/mol. The summed E-state index contributed by atoms with van der Waals surface area (Å²) in [6, 6.07) is 7.38. The van der Waals surface area contributed by atoms with E-state index in [1.54, 1.807) is 23.0 Å². The quantitative estimate of drug-likeness (QED) is 0.635. The Balaban J connectivity index is 1.41. The van der Waals surface area contributed by atoms with E-state index in [0.717, 1.165) is 18.6 Å². The van der Waals surface area contributed by atoms with Crippen molar-refractivity contribution in [1.82, 2.24) is 24.6 Å². The fourth-order valence-corrected chi connectivity index (χ4v) is 3.94. The lowest BCUT2D eigenvalue weighted by Crippen LogP contribution is -2.42. The Morgan fingerprint density at radius 2 is 1.91 bits per heavy atom. The first-order chi connectivity index (χ1) is 15.3. The van der Waals surface area contributed by atoms with Gasteiger partial charge in [0.05, 0.1) is 18.3 Å². The van der Waals surface area contributed by atoms with E-state index >= 15 is 0 Å². The highest BCUT2D eigenvalue weighted by Gasteiger charge is 2.25. The van der Waals surface area contributed by atoms with Crippen LogP contribution in [0.4, 0.5) is 5.95 Å². The lowest BCUT2D eigenvalue weighted by Gasteiger charge is -2.32. The van der Waals surface area contributed by atoms with E-state index in [1.165, 1.54) is 0 Å². The number of amides is 1. The molecule has 1 aliphatic heterocycles. The van der Waals surface area contributed by atoms with Crippen molar-refractivity contribution in [2.45, 2.75) is 52.1 Å². The smallest absolute Gasteiger partial charge is 0.263 e. The van der Waals surface area contributed by atoms with Crippen molar-refractivity contribution in [1.29, 1.82) is 0 Å². The number of likely N-dealkylation sites (tertiary alicyclic amines) is 1. The maximum Gasteiger partial charge on any atom is 0.263 e. The molecule has 0 aliphatic carbocycles. The van der Waals surface area contributed by atoms with Crippen LogP contribution < -0.4 is 15.6 Å². The van der Waals surface area contributed by atoms with Crippen molar-refractivity contribution >= 4 is 22.9 Å². The lowest BCUT2D eigenvalue weighted by molar-refractivity contribution is 0.0718. The highest BCUT2D eigenvalue weighted by Crippen LogP contribution is 2.21. The van der Waals surface area contributed by atoms with Crippen LogP contribution in [0.3, 0.4) is 0 Å². The number of nitrogens with zero attached hydrogens (tertiary/aromatic N) is 4. The van der Waals surface area contributed by atoms with E-state index in [-0.39, 0.29) is 23.0 Å². The van der Waals surface area contributed by atoms with E-state index in [9.17, 15) is 9.59 Å². The predicted octanol–water partition coefficient (Wildman–Crippen LogP) is 2.99. The molecule has 1 fully saturated rings. The average molecular weight is 439 g/mol. The summed E-state index contributed by atoms with van der Waals surface area (Å²) in [7, 11) is 0. The monoisotopic (exact) mass is 438 g/mol. The molecule has 0 unspecified atom stereocenters. The minimum Gasteiger partial charge on any atom is -0.494 e. The van der Waals surface area contributed by atoms with Gasteiger partial charge in [-0.25, -0.2) is 4.68 Å². The molecule has 0 atom stereocenters. The molecule has 170 valence electrons. The van der Waals surface area contributed by atoms with Crippen molar-refractivity contribution in [3.63, 3.8) is 0 Å². The number of aromatic nitrogens is 4. The van der Waals surface area contributed by atoms with Gasteiger partial charge in [0, 0.05) is 24.7 Å². The van der Waals surface area contributed by atoms with Crippen LogP contribution in [0.5, 0.6) is 5.75 Å². The van der Waals surface area contributed by atoms with Crippen LogP contribution in [-0.2, 0) is 5.54 Å². The third kappa shape index (κ3) is 4.46. The molecule has 32 heavy (non-hydrogen) atoms. The SMILES string of the molecule is CCOc1ccc(C(=O)N2CCC(Nc3nc4c(cnn4C(C)(C)C)c(=O)[nH]3)CC2)cc1. The number of hydrogen-bond donors (Lipinski definition) is 2. The molecule has 0 radical (unpaired) electrons. The third-order valence-electron chi connectivity index (χ3n) is 5.61. The van der Waals surface area contributed by atoms with Gasteiger partial charge in [0.1, 0.15) is 11.1 Å². The van der Waals surface area contributed by atoms with Gasteiger partial charge < -0.3 is 15.0 Å². The van der Waals surface area contributed by atoms with Gasteiger partial charge in [0.15, 0.2) is 5.65 Å². The molecule has 0 saturated carbocycles. The number of fused-ring (bicyclic) bond motifs is 1. The van der Waals surface area contributed by atoms with Gasteiger partial charge in [0.25, 0.3) is 11.5 Å². The number of rotatable bonds is 5. The van der Waals surface area contributed by atoms with Crippen molar-refractivity contribution < 1.29 is 9.53 Å². The Hall–Kier alpha value is -3.36. The highest BCUT2D eigenvalue weighted by atomic mass is 16.5. The van der Waals surface area contributed by atoms with Gasteiger partial charge in [-0.15, -0.1) is 0 Å². The molecule has 1 amide bonds. The second-order valence-corrected chi connectivity index (χ2v) is 9.05.